The van der Waals surface area contributed by atoms with Crippen molar-refractivity contribution < 1.29 is 13.2 Å². The summed E-state index contributed by atoms with van der Waals surface area (Å²) in [7, 11) is 1.92. The van der Waals surface area contributed by atoms with E-state index < -0.39 is 17.5 Å². The molecule has 0 amide bonds. The Balaban J connectivity index is 1.67. The van der Waals surface area contributed by atoms with Crippen LogP contribution in [0.5, 0.6) is 0 Å². The average Bonchev–Trinajstić information content (AvgIpc) is 3.08. The second-order valence-electron chi connectivity index (χ2n) is 6.90. The van der Waals surface area contributed by atoms with Crippen molar-refractivity contribution in [2.24, 2.45) is 0 Å². The quantitative estimate of drug-likeness (QED) is 0.645. The van der Waals surface area contributed by atoms with Crippen LogP contribution in [0, 0.1) is 17.5 Å². The van der Waals surface area contributed by atoms with Gasteiger partial charge >= 0.3 is 0 Å². The number of aromatic amines is 1. The van der Waals surface area contributed by atoms with Gasteiger partial charge in [-0.15, -0.1) is 0 Å². The van der Waals surface area contributed by atoms with Gasteiger partial charge in [0, 0.05) is 35.3 Å². The Morgan fingerprint density at radius 1 is 1.11 bits per heavy atom. The summed E-state index contributed by atoms with van der Waals surface area (Å²) in [6.45, 7) is 0. The van der Waals surface area contributed by atoms with E-state index in [1.165, 1.54) is 12.3 Å². The number of benzene rings is 1. The lowest BCUT2D eigenvalue weighted by Gasteiger charge is -2.29. The highest BCUT2D eigenvalue weighted by Crippen LogP contribution is 2.30. The zero-order valence-electron chi connectivity index (χ0n) is 14.8. The molecule has 8 heteroatoms. The van der Waals surface area contributed by atoms with Gasteiger partial charge in [-0.1, -0.05) is 0 Å². The monoisotopic (exact) mass is 375 g/mol. The van der Waals surface area contributed by atoms with E-state index in [1.807, 2.05) is 7.05 Å². The molecule has 1 unspecified atom stereocenters. The van der Waals surface area contributed by atoms with E-state index in [9.17, 15) is 13.2 Å². The molecule has 1 fully saturated rings. The number of nitrogens with one attached hydrogen (secondary N) is 3. The van der Waals surface area contributed by atoms with Crippen molar-refractivity contribution in [3.05, 3.63) is 42.0 Å². The van der Waals surface area contributed by atoms with Crippen molar-refractivity contribution >= 4 is 16.7 Å². The largest absolute Gasteiger partial charge is 0.365 e. The molecule has 0 spiro atoms. The van der Waals surface area contributed by atoms with Gasteiger partial charge in [-0.05, 0) is 38.8 Å². The predicted octanol–water partition coefficient (Wildman–Crippen LogP) is 3.98. The Bertz CT molecular complexity index is 971. The lowest BCUT2D eigenvalue weighted by molar-refractivity contribution is 0.368. The standard InChI is InChI=1S/C19H20F3N5/c1-23-11-3-2-4-12(7-11)26-19-16(22)9-25-18(27-19)14-8-24-17-13(14)5-10(20)6-15(17)21/h5-6,8-9,11-12,23-24H,2-4,7H2,1H3,(H,25,26,27)/t11?,12-/m0/s1. The number of nitrogens with zero attached hydrogens (tertiary/aromatic N) is 2. The van der Waals surface area contributed by atoms with Crippen molar-refractivity contribution in [1.82, 2.24) is 20.3 Å². The van der Waals surface area contributed by atoms with E-state index in [0.717, 1.165) is 37.9 Å². The van der Waals surface area contributed by atoms with Crippen LogP contribution in [-0.4, -0.2) is 34.1 Å². The Kier molecular flexibility index (Phi) is 4.73. The highest BCUT2D eigenvalue weighted by molar-refractivity contribution is 5.94. The van der Waals surface area contributed by atoms with Gasteiger partial charge in [-0.2, -0.15) is 0 Å². The predicted molar refractivity (Wildman–Crippen MR) is 97.9 cm³/mol. The van der Waals surface area contributed by atoms with Crippen LogP contribution in [0.15, 0.2) is 24.5 Å². The van der Waals surface area contributed by atoms with Crippen LogP contribution < -0.4 is 10.6 Å². The molecule has 1 saturated carbocycles. The third kappa shape index (κ3) is 3.49. The molecule has 0 saturated heterocycles. The van der Waals surface area contributed by atoms with Gasteiger partial charge < -0.3 is 15.6 Å². The molecule has 5 nitrogen and oxygen atoms in total. The normalized spacial score (nSPS) is 20.1. The van der Waals surface area contributed by atoms with Crippen LogP contribution in [0.1, 0.15) is 25.7 Å². The average molecular weight is 375 g/mol. The van der Waals surface area contributed by atoms with Gasteiger partial charge in [-0.25, -0.2) is 23.1 Å². The molecule has 0 bridgehead atoms. The zero-order valence-corrected chi connectivity index (χ0v) is 14.8. The maximum absolute atomic E-state index is 14.3. The summed E-state index contributed by atoms with van der Waals surface area (Å²) < 4.78 is 41.8. The molecule has 27 heavy (non-hydrogen) atoms. The topological polar surface area (TPSA) is 65.6 Å². The van der Waals surface area contributed by atoms with Crippen LogP contribution in [-0.2, 0) is 0 Å². The van der Waals surface area contributed by atoms with Gasteiger partial charge in [0.05, 0.1) is 11.7 Å². The molecule has 142 valence electrons. The van der Waals surface area contributed by atoms with Crippen LogP contribution in [0.2, 0.25) is 0 Å². The number of hydrogen-bond acceptors (Lipinski definition) is 4. The summed E-state index contributed by atoms with van der Waals surface area (Å²) >= 11 is 0. The van der Waals surface area contributed by atoms with Crippen molar-refractivity contribution in [2.45, 2.75) is 37.8 Å². The van der Waals surface area contributed by atoms with Crippen LogP contribution >= 0.6 is 0 Å². The Labute approximate surface area is 154 Å². The summed E-state index contributed by atoms with van der Waals surface area (Å²) in [6, 6.07) is 2.51. The van der Waals surface area contributed by atoms with Gasteiger partial charge in [0.2, 0.25) is 0 Å². The third-order valence-corrected chi connectivity index (χ3v) is 5.11. The third-order valence-electron chi connectivity index (χ3n) is 5.11. The molecule has 1 aliphatic carbocycles. The number of rotatable bonds is 4. The summed E-state index contributed by atoms with van der Waals surface area (Å²) in [4.78, 5) is 11.1. The summed E-state index contributed by atoms with van der Waals surface area (Å²) in [5.74, 6) is -1.63. The number of H-pyrrole nitrogens is 1. The van der Waals surface area contributed by atoms with Crippen molar-refractivity contribution in [1.29, 1.82) is 0 Å². The molecule has 1 aromatic carbocycles. The maximum atomic E-state index is 14.3. The molecule has 0 aliphatic heterocycles. The lowest BCUT2D eigenvalue weighted by Crippen LogP contribution is -2.37. The van der Waals surface area contributed by atoms with Crippen LogP contribution in [0.4, 0.5) is 19.0 Å². The van der Waals surface area contributed by atoms with Crippen LogP contribution in [0.3, 0.4) is 0 Å². The van der Waals surface area contributed by atoms with E-state index in [4.69, 9.17) is 0 Å². The van der Waals surface area contributed by atoms with Crippen molar-refractivity contribution in [3.63, 3.8) is 0 Å². The molecular weight excluding hydrogens is 355 g/mol. The molecule has 1 aliphatic rings. The second-order valence-corrected chi connectivity index (χ2v) is 6.90. The molecule has 0 radical (unpaired) electrons. The first-order valence-corrected chi connectivity index (χ1v) is 8.98. The highest BCUT2D eigenvalue weighted by atomic mass is 19.1. The van der Waals surface area contributed by atoms with Gasteiger partial charge in [0.25, 0.3) is 0 Å². The van der Waals surface area contributed by atoms with E-state index >= 15 is 0 Å². The van der Waals surface area contributed by atoms with Crippen LogP contribution in [0.25, 0.3) is 22.3 Å². The van der Waals surface area contributed by atoms with E-state index in [0.29, 0.717) is 17.0 Å². The summed E-state index contributed by atoms with van der Waals surface area (Å²) in [5.41, 5.74) is 0.584. The Hall–Kier alpha value is -2.61. The fourth-order valence-corrected chi connectivity index (χ4v) is 3.71. The lowest BCUT2D eigenvalue weighted by atomic mass is 9.91. The first-order valence-electron chi connectivity index (χ1n) is 8.98. The highest BCUT2D eigenvalue weighted by Gasteiger charge is 2.23. The van der Waals surface area contributed by atoms with Gasteiger partial charge in [-0.3, -0.25) is 0 Å². The second kappa shape index (κ2) is 7.19. The molecule has 2 aromatic heterocycles. The summed E-state index contributed by atoms with van der Waals surface area (Å²) in [5, 5.41) is 6.74. The smallest absolute Gasteiger partial charge is 0.183 e. The van der Waals surface area contributed by atoms with E-state index in [2.05, 4.69) is 25.6 Å². The van der Waals surface area contributed by atoms with Crippen molar-refractivity contribution in [2.75, 3.05) is 12.4 Å². The Morgan fingerprint density at radius 2 is 1.93 bits per heavy atom. The zero-order chi connectivity index (χ0) is 19.0. The number of hydrogen-bond donors (Lipinski definition) is 3. The fourth-order valence-electron chi connectivity index (χ4n) is 3.71. The molecule has 3 N–H and O–H groups in total. The molecule has 3 aromatic rings. The SMILES string of the molecule is CNC1CCC[C@H](Nc2nc(-c3c[nH]c4c(F)cc(F)cc34)ncc2F)C1. The number of halogens is 3. The Morgan fingerprint density at radius 3 is 2.74 bits per heavy atom. The summed E-state index contributed by atoms with van der Waals surface area (Å²) in [6.07, 6.45) is 6.53. The number of fused-ring (bicyclic) bond motifs is 1. The number of aromatic nitrogens is 3. The molecule has 2 atom stereocenters. The molecule has 2 heterocycles. The fraction of sp³-hybridized carbons (Fsp3) is 0.368. The first kappa shape index (κ1) is 17.8. The van der Waals surface area contributed by atoms with E-state index in [-0.39, 0.29) is 23.2 Å². The first-order chi connectivity index (χ1) is 13.0. The van der Waals surface area contributed by atoms with Gasteiger partial charge in [0.1, 0.15) is 11.6 Å². The molecular formula is C19H20F3N5. The van der Waals surface area contributed by atoms with Gasteiger partial charge in [0.15, 0.2) is 17.5 Å². The van der Waals surface area contributed by atoms with E-state index in [1.54, 1.807) is 0 Å². The minimum Gasteiger partial charge on any atom is -0.365 e. The number of anilines is 1. The minimum atomic E-state index is -0.697. The minimum absolute atomic E-state index is 0.103. The maximum Gasteiger partial charge on any atom is 0.183 e. The molecule has 4 rings (SSSR count). The van der Waals surface area contributed by atoms with Crippen molar-refractivity contribution in [3.8, 4) is 11.4 Å².